The van der Waals surface area contributed by atoms with Gasteiger partial charge in [-0.3, -0.25) is 9.59 Å². The van der Waals surface area contributed by atoms with Crippen LogP contribution in [0.4, 0.5) is 0 Å². The van der Waals surface area contributed by atoms with Gasteiger partial charge < -0.3 is 9.72 Å². The summed E-state index contributed by atoms with van der Waals surface area (Å²) in [6.07, 6.45) is 0.572. The van der Waals surface area contributed by atoms with Crippen LogP contribution in [-0.2, 0) is 16.0 Å². The average molecular weight is 354 g/mol. The Labute approximate surface area is 149 Å². The maximum Gasteiger partial charge on any atom is 0.316 e. The fourth-order valence-corrected chi connectivity index (χ4v) is 3.41. The number of H-pyrrole nitrogens is 1. The van der Waals surface area contributed by atoms with E-state index in [-0.39, 0.29) is 17.3 Å². The Bertz CT molecular complexity index is 977. The lowest BCUT2D eigenvalue weighted by Crippen LogP contribution is -2.17. The van der Waals surface area contributed by atoms with Gasteiger partial charge in [-0.1, -0.05) is 61.2 Å². The molecule has 1 aromatic heterocycles. The van der Waals surface area contributed by atoms with Crippen molar-refractivity contribution in [3.8, 4) is 11.3 Å². The highest BCUT2D eigenvalue weighted by Gasteiger charge is 2.15. The molecule has 1 N–H and O–H groups in total. The lowest BCUT2D eigenvalue weighted by molar-refractivity contribution is -0.137. The Balaban J connectivity index is 2.14. The monoisotopic (exact) mass is 354 g/mol. The van der Waals surface area contributed by atoms with Crippen molar-refractivity contribution in [2.45, 2.75) is 18.5 Å². The maximum atomic E-state index is 12.5. The second kappa shape index (κ2) is 7.53. The largest absolute Gasteiger partial charge is 0.468 e. The molecule has 3 rings (SSSR count). The number of nitrogens with one attached hydrogen (secondary N) is 1. The van der Waals surface area contributed by atoms with Crippen LogP contribution in [0.2, 0.25) is 0 Å². The topological polar surface area (TPSA) is 72.0 Å². The predicted molar refractivity (Wildman–Crippen MR) is 99.9 cm³/mol. The number of esters is 1. The van der Waals surface area contributed by atoms with Crippen LogP contribution in [-0.4, -0.2) is 28.8 Å². The molecular formula is C19H18N2O3S. The highest BCUT2D eigenvalue weighted by atomic mass is 32.2. The van der Waals surface area contributed by atoms with E-state index < -0.39 is 0 Å². The molecule has 1 heterocycles. The summed E-state index contributed by atoms with van der Waals surface area (Å²) in [6, 6.07) is 14.0. The number of thioether (sulfide) groups is 1. The molecule has 3 aromatic rings. The van der Waals surface area contributed by atoms with Gasteiger partial charge in [0.1, 0.15) is 0 Å². The number of carbonyl (C=O) groups is 1. The molecule has 0 aliphatic carbocycles. The molecule has 0 saturated carbocycles. The number of aromatic amines is 1. The predicted octanol–water partition coefficient (Wildman–Crippen LogP) is 3.42. The summed E-state index contributed by atoms with van der Waals surface area (Å²) in [4.78, 5) is 31.2. The van der Waals surface area contributed by atoms with E-state index >= 15 is 0 Å². The number of methoxy groups -OCH3 is 1. The summed E-state index contributed by atoms with van der Waals surface area (Å²) in [7, 11) is 1.33. The molecule has 0 spiro atoms. The van der Waals surface area contributed by atoms with Gasteiger partial charge in [0.15, 0.2) is 5.16 Å². The molecule has 0 fully saturated rings. The lowest BCUT2D eigenvalue weighted by Gasteiger charge is -2.11. The minimum absolute atomic E-state index is 0.0971. The van der Waals surface area contributed by atoms with Gasteiger partial charge in [-0.15, -0.1) is 0 Å². The van der Waals surface area contributed by atoms with Crippen LogP contribution in [0, 0.1) is 0 Å². The molecule has 6 heteroatoms. The van der Waals surface area contributed by atoms with Gasteiger partial charge in [-0.05, 0) is 17.2 Å². The Morgan fingerprint density at radius 2 is 1.96 bits per heavy atom. The third-order valence-electron chi connectivity index (χ3n) is 3.95. The summed E-state index contributed by atoms with van der Waals surface area (Å²) in [5.41, 5.74) is 2.04. The molecule has 0 aliphatic rings. The number of carbonyl (C=O) groups excluding carboxylic acids is 1. The Hall–Kier alpha value is -2.60. The molecule has 25 heavy (non-hydrogen) atoms. The van der Waals surface area contributed by atoms with Crippen LogP contribution in [0.25, 0.3) is 22.0 Å². The summed E-state index contributed by atoms with van der Waals surface area (Å²) < 4.78 is 4.64. The van der Waals surface area contributed by atoms with Crippen molar-refractivity contribution in [1.29, 1.82) is 0 Å². The minimum Gasteiger partial charge on any atom is -0.468 e. The standard InChI is InChI=1S/C19H18N2O3S/c1-3-13-17(15-10-6-8-12-7-4-5-9-14(12)15)20-19(21-18(13)23)25-11-16(22)24-2/h4-10H,3,11H2,1-2H3,(H,20,21,23). The SMILES string of the molecule is CCc1c(-c2cccc3ccccc23)nc(SCC(=O)OC)[nH]c1=O. The van der Waals surface area contributed by atoms with Crippen molar-refractivity contribution in [2.24, 2.45) is 0 Å². The Morgan fingerprint density at radius 3 is 2.72 bits per heavy atom. The molecule has 2 aromatic carbocycles. The van der Waals surface area contributed by atoms with Gasteiger partial charge >= 0.3 is 5.97 Å². The van der Waals surface area contributed by atoms with E-state index in [1.807, 2.05) is 49.4 Å². The van der Waals surface area contributed by atoms with Crippen LogP contribution in [0.5, 0.6) is 0 Å². The fourth-order valence-electron chi connectivity index (χ4n) is 2.71. The van der Waals surface area contributed by atoms with Crippen molar-refractivity contribution in [3.05, 3.63) is 58.4 Å². The Kier molecular flexibility index (Phi) is 5.19. The van der Waals surface area contributed by atoms with Crippen molar-refractivity contribution in [3.63, 3.8) is 0 Å². The van der Waals surface area contributed by atoms with E-state index in [0.717, 1.165) is 28.1 Å². The van der Waals surface area contributed by atoms with Crippen LogP contribution < -0.4 is 5.56 Å². The number of aromatic nitrogens is 2. The highest BCUT2D eigenvalue weighted by Crippen LogP contribution is 2.29. The van der Waals surface area contributed by atoms with E-state index in [1.165, 1.54) is 7.11 Å². The summed E-state index contributed by atoms with van der Waals surface area (Å²) in [6.45, 7) is 1.93. The normalized spacial score (nSPS) is 10.8. The number of rotatable bonds is 5. The summed E-state index contributed by atoms with van der Waals surface area (Å²) >= 11 is 1.16. The van der Waals surface area contributed by atoms with Crippen molar-refractivity contribution >= 4 is 28.5 Å². The van der Waals surface area contributed by atoms with E-state index in [4.69, 9.17) is 0 Å². The molecule has 5 nitrogen and oxygen atoms in total. The number of hydrogen-bond acceptors (Lipinski definition) is 5. The lowest BCUT2D eigenvalue weighted by atomic mass is 9.99. The first kappa shape index (κ1) is 17.2. The van der Waals surface area contributed by atoms with Gasteiger partial charge in [0.25, 0.3) is 5.56 Å². The molecular weight excluding hydrogens is 336 g/mol. The molecule has 0 amide bonds. The summed E-state index contributed by atoms with van der Waals surface area (Å²) in [5, 5.41) is 2.55. The summed E-state index contributed by atoms with van der Waals surface area (Å²) in [5.74, 6) is -0.265. The van der Waals surface area contributed by atoms with Gasteiger partial charge in [0.05, 0.1) is 18.6 Å². The highest BCUT2D eigenvalue weighted by molar-refractivity contribution is 7.99. The number of fused-ring (bicyclic) bond motifs is 1. The number of ether oxygens (including phenoxy) is 1. The van der Waals surface area contributed by atoms with Crippen LogP contribution in [0.3, 0.4) is 0 Å². The average Bonchev–Trinajstić information content (AvgIpc) is 2.65. The van der Waals surface area contributed by atoms with Crippen LogP contribution >= 0.6 is 11.8 Å². The zero-order chi connectivity index (χ0) is 17.8. The number of hydrogen-bond donors (Lipinski definition) is 1. The van der Waals surface area contributed by atoms with E-state index in [0.29, 0.717) is 22.8 Å². The Morgan fingerprint density at radius 1 is 1.20 bits per heavy atom. The zero-order valence-corrected chi connectivity index (χ0v) is 14.9. The molecule has 0 bridgehead atoms. The number of benzene rings is 2. The van der Waals surface area contributed by atoms with Gasteiger partial charge in [-0.2, -0.15) is 0 Å². The molecule has 0 atom stereocenters. The molecule has 128 valence electrons. The first-order valence-corrected chi connectivity index (χ1v) is 8.93. The third-order valence-corrected chi connectivity index (χ3v) is 4.79. The fraction of sp³-hybridized carbons (Fsp3) is 0.211. The van der Waals surface area contributed by atoms with Crippen LogP contribution in [0.15, 0.2) is 52.4 Å². The van der Waals surface area contributed by atoms with Gasteiger partial charge in [-0.25, -0.2) is 4.98 Å². The van der Waals surface area contributed by atoms with Gasteiger partial charge in [0, 0.05) is 11.1 Å². The van der Waals surface area contributed by atoms with E-state index in [9.17, 15) is 9.59 Å². The smallest absolute Gasteiger partial charge is 0.316 e. The third kappa shape index (κ3) is 3.58. The van der Waals surface area contributed by atoms with E-state index in [2.05, 4.69) is 14.7 Å². The second-order valence-corrected chi connectivity index (χ2v) is 6.41. The van der Waals surface area contributed by atoms with Crippen LogP contribution in [0.1, 0.15) is 12.5 Å². The molecule has 0 aliphatic heterocycles. The quantitative estimate of drug-likeness (QED) is 0.432. The maximum absolute atomic E-state index is 12.5. The van der Waals surface area contributed by atoms with Crippen molar-refractivity contribution in [1.82, 2.24) is 9.97 Å². The van der Waals surface area contributed by atoms with E-state index in [1.54, 1.807) is 0 Å². The molecule has 0 radical (unpaired) electrons. The number of nitrogens with zero attached hydrogens (tertiary/aromatic N) is 1. The van der Waals surface area contributed by atoms with Crippen molar-refractivity contribution in [2.75, 3.05) is 12.9 Å². The minimum atomic E-state index is -0.362. The first-order valence-electron chi connectivity index (χ1n) is 7.95. The first-order chi connectivity index (χ1) is 12.1. The second-order valence-electron chi connectivity index (χ2n) is 5.44. The zero-order valence-electron chi connectivity index (χ0n) is 14.0. The molecule has 0 unspecified atom stereocenters. The van der Waals surface area contributed by atoms with Gasteiger partial charge in [0.2, 0.25) is 0 Å². The van der Waals surface area contributed by atoms with Crippen molar-refractivity contribution < 1.29 is 9.53 Å². The molecule has 0 saturated heterocycles.